The second-order valence-electron chi connectivity index (χ2n) is 2.98. The number of pyridine rings is 1. The highest BCUT2D eigenvalue weighted by Crippen LogP contribution is 2.12. The maximum atomic E-state index is 4.24. The lowest BCUT2D eigenvalue weighted by molar-refractivity contribution is 1.18. The van der Waals surface area contributed by atoms with Crippen LogP contribution in [0.4, 0.5) is 0 Å². The Morgan fingerprint density at radius 3 is 3.00 bits per heavy atom. The molecule has 2 aromatic heterocycles. The molecule has 3 nitrogen and oxygen atoms in total. The second-order valence-corrected chi connectivity index (χ2v) is 2.98. The monoisotopic (exact) mass is 185 g/mol. The summed E-state index contributed by atoms with van der Waals surface area (Å²) in [5.41, 5.74) is 2.07. The number of aromatic nitrogens is 3. The Morgan fingerprint density at radius 1 is 1.36 bits per heavy atom. The van der Waals surface area contributed by atoms with Crippen molar-refractivity contribution in [3.05, 3.63) is 48.9 Å². The molecule has 0 fully saturated rings. The summed E-state index contributed by atoms with van der Waals surface area (Å²) in [6, 6.07) is 3.99. The molecule has 1 N–H and O–H groups in total. The van der Waals surface area contributed by atoms with Crippen LogP contribution in [0.3, 0.4) is 0 Å². The molecule has 0 atom stereocenters. The zero-order valence-electron chi connectivity index (χ0n) is 7.77. The zero-order valence-corrected chi connectivity index (χ0v) is 7.77. The van der Waals surface area contributed by atoms with Crippen molar-refractivity contribution in [2.75, 3.05) is 0 Å². The van der Waals surface area contributed by atoms with Crippen LogP contribution < -0.4 is 0 Å². The molecule has 0 spiro atoms. The minimum absolute atomic E-state index is 0.802. The van der Waals surface area contributed by atoms with E-state index in [4.69, 9.17) is 0 Å². The van der Waals surface area contributed by atoms with Gasteiger partial charge in [0.25, 0.3) is 0 Å². The molecule has 0 aliphatic rings. The molecule has 0 saturated carbocycles. The first kappa shape index (κ1) is 8.69. The fraction of sp³-hybridized carbons (Fsp3) is 0.0909. The number of rotatable bonds is 3. The molecular formula is C11H11N3. The van der Waals surface area contributed by atoms with Crippen molar-refractivity contribution in [2.24, 2.45) is 0 Å². The normalized spacial score (nSPS) is 10.0. The van der Waals surface area contributed by atoms with Gasteiger partial charge in [0.2, 0.25) is 0 Å². The molecule has 2 heterocycles. The topological polar surface area (TPSA) is 41.6 Å². The fourth-order valence-electron chi connectivity index (χ4n) is 1.30. The van der Waals surface area contributed by atoms with Crippen LogP contribution in [0.25, 0.3) is 11.5 Å². The van der Waals surface area contributed by atoms with Crippen molar-refractivity contribution in [1.82, 2.24) is 15.0 Å². The first-order valence-electron chi connectivity index (χ1n) is 4.46. The highest BCUT2D eigenvalue weighted by molar-refractivity contribution is 5.49. The van der Waals surface area contributed by atoms with E-state index in [1.165, 1.54) is 5.56 Å². The zero-order chi connectivity index (χ0) is 9.80. The van der Waals surface area contributed by atoms with Gasteiger partial charge < -0.3 is 4.98 Å². The molecule has 0 aliphatic heterocycles. The summed E-state index contributed by atoms with van der Waals surface area (Å²) in [7, 11) is 0. The van der Waals surface area contributed by atoms with Gasteiger partial charge >= 0.3 is 0 Å². The summed E-state index contributed by atoms with van der Waals surface area (Å²) in [6.07, 6.45) is 8.03. The smallest absolute Gasteiger partial charge is 0.155 e. The van der Waals surface area contributed by atoms with Crippen LogP contribution in [0.5, 0.6) is 0 Å². The van der Waals surface area contributed by atoms with E-state index in [1.807, 2.05) is 18.2 Å². The van der Waals surface area contributed by atoms with Crippen molar-refractivity contribution in [1.29, 1.82) is 0 Å². The Balaban J connectivity index is 2.35. The number of nitrogens with one attached hydrogen (secondary N) is 1. The van der Waals surface area contributed by atoms with E-state index >= 15 is 0 Å². The van der Waals surface area contributed by atoms with Crippen LogP contribution in [-0.2, 0) is 6.42 Å². The summed E-state index contributed by atoms with van der Waals surface area (Å²) >= 11 is 0. The van der Waals surface area contributed by atoms with Crippen LogP contribution in [0.1, 0.15) is 5.56 Å². The Hall–Kier alpha value is -1.90. The molecule has 2 rings (SSSR count). The Kier molecular flexibility index (Phi) is 2.40. The van der Waals surface area contributed by atoms with Crippen molar-refractivity contribution in [3.8, 4) is 11.5 Å². The van der Waals surface area contributed by atoms with Crippen LogP contribution in [-0.4, -0.2) is 15.0 Å². The molecule has 14 heavy (non-hydrogen) atoms. The molecule has 0 aromatic carbocycles. The van der Waals surface area contributed by atoms with Gasteiger partial charge in [0.1, 0.15) is 5.69 Å². The van der Waals surface area contributed by atoms with Crippen molar-refractivity contribution in [3.63, 3.8) is 0 Å². The summed E-state index contributed by atoms with van der Waals surface area (Å²) in [4.78, 5) is 11.4. The van der Waals surface area contributed by atoms with Gasteiger partial charge in [-0.15, -0.1) is 6.58 Å². The van der Waals surface area contributed by atoms with Crippen LogP contribution >= 0.6 is 0 Å². The van der Waals surface area contributed by atoms with Crippen LogP contribution in [0.15, 0.2) is 43.4 Å². The average molecular weight is 185 g/mol. The number of allylic oxidation sites excluding steroid dienone is 1. The van der Waals surface area contributed by atoms with Gasteiger partial charge in [0.15, 0.2) is 5.82 Å². The van der Waals surface area contributed by atoms with Gasteiger partial charge in [-0.25, -0.2) is 4.98 Å². The highest BCUT2D eigenvalue weighted by atomic mass is 14.9. The number of aromatic amines is 1. The Labute approximate surface area is 82.5 Å². The Bertz CT molecular complexity index is 418. The number of hydrogen-bond acceptors (Lipinski definition) is 2. The maximum absolute atomic E-state index is 4.24. The van der Waals surface area contributed by atoms with Gasteiger partial charge in [-0.05, 0) is 24.1 Å². The number of imidazole rings is 1. The minimum atomic E-state index is 0.802. The molecule has 0 aliphatic carbocycles. The van der Waals surface area contributed by atoms with Gasteiger partial charge in [0.05, 0.1) is 0 Å². The second kappa shape index (κ2) is 3.87. The highest BCUT2D eigenvalue weighted by Gasteiger charge is 2.01. The average Bonchev–Trinajstić information content (AvgIpc) is 2.71. The van der Waals surface area contributed by atoms with Gasteiger partial charge in [-0.1, -0.05) is 6.08 Å². The van der Waals surface area contributed by atoms with Crippen LogP contribution in [0, 0.1) is 0 Å². The molecular weight excluding hydrogens is 174 g/mol. The van der Waals surface area contributed by atoms with E-state index in [1.54, 1.807) is 18.6 Å². The van der Waals surface area contributed by atoms with E-state index < -0.39 is 0 Å². The third-order valence-corrected chi connectivity index (χ3v) is 1.95. The molecule has 0 radical (unpaired) electrons. The molecule has 3 heteroatoms. The molecule has 70 valence electrons. The Morgan fingerprint density at radius 2 is 2.29 bits per heavy atom. The van der Waals surface area contributed by atoms with Crippen molar-refractivity contribution in [2.45, 2.75) is 6.42 Å². The standard InChI is InChI=1S/C11H11N3/c1-2-3-9-4-5-12-10(8-9)11-13-6-7-14-11/h2,4-8H,1,3H2,(H,13,14). The van der Waals surface area contributed by atoms with Gasteiger partial charge in [0, 0.05) is 18.6 Å². The third-order valence-electron chi connectivity index (χ3n) is 1.95. The van der Waals surface area contributed by atoms with Crippen molar-refractivity contribution >= 4 is 0 Å². The summed E-state index contributed by atoms with van der Waals surface area (Å²) in [5.74, 6) is 0.802. The van der Waals surface area contributed by atoms with E-state index in [0.29, 0.717) is 0 Å². The maximum Gasteiger partial charge on any atom is 0.155 e. The summed E-state index contributed by atoms with van der Waals surface area (Å²) in [5, 5.41) is 0. The van der Waals surface area contributed by atoms with Crippen LogP contribution in [0.2, 0.25) is 0 Å². The van der Waals surface area contributed by atoms with E-state index in [9.17, 15) is 0 Å². The van der Waals surface area contributed by atoms with Crippen molar-refractivity contribution < 1.29 is 0 Å². The quantitative estimate of drug-likeness (QED) is 0.745. The van der Waals surface area contributed by atoms with E-state index in [-0.39, 0.29) is 0 Å². The molecule has 0 unspecified atom stereocenters. The van der Waals surface area contributed by atoms with E-state index in [2.05, 4.69) is 21.5 Å². The fourth-order valence-corrected chi connectivity index (χ4v) is 1.30. The lowest BCUT2D eigenvalue weighted by atomic mass is 10.1. The number of nitrogens with zero attached hydrogens (tertiary/aromatic N) is 2. The summed E-state index contributed by atoms with van der Waals surface area (Å²) in [6.45, 7) is 3.70. The predicted molar refractivity (Wildman–Crippen MR) is 55.7 cm³/mol. The first-order valence-corrected chi connectivity index (χ1v) is 4.46. The molecule has 0 bridgehead atoms. The van der Waals surface area contributed by atoms with Gasteiger partial charge in [-0.3, -0.25) is 4.98 Å². The molecule has 2 aromatic rings. The van der Waals surface area contributed by atoms with E-state index in [0.717, 1.165) is 17.9 Å². The predicted octanol–water partition coefficient (Wildman–Crippen LogP) is 2.20. The first-order chi connectivity index (χ1) is 6.90. The van der Waals surface area contributed by atoms with Gasteiger partial charge in [-0.2, -0.15) is 0 Å². The number of hydrogen-bond donors (Lipinski definition) is 1. The lowest BCUT2D eigenvalue weighted by Gasteiger charge is -1.99. The lowest BCUT2D eigenvalue weighted by Crippen LogP contribution is -1.88. The minimum Gasteiger partial charge on any atom is -0.343 e. The third kappa shape index (κ3) is 1.71. The molecule has 0 saturated heterocycles. The summed E-state index contributed by atoms with van der Waals surface area (Å²) < 4.78 is 0. The molecule has 0 amide bonds. The SMILES string of the molecule is C=CCc1ccnc(-c2ncc[nH]2)c1. The largest absolute Gasteiger partial charge is 0.343 e. The number of H-pyrrole nitrogens is 1.